The fraction of sp³-hybridized carbons (Fsp3) is 1.00. The van der Waals surface area contributed by atoms with E-state index in [0.29, 0.717) is 20.9 Å². The molecular weight excluding hydrogens is 224 g/mol. The topological polar surface area (TPSA) is 0 Å². The summed E-state index contributed by atoms with van der Waals surface area (Å²) in [6, 6.07) is 0. The summed E-state index contributed by atoms with van der Waals surface area (Å²) in [6.45, 7) is 6.94. The third-order valence-corrected chi connectivity index (χ3v) is 5.32. The van der Waals surface area contributed by atoms with Gasteiger partial charge in [0.1, 0.15) is 0 Å². The van der Waals surface area contributed by atoms with E-state index in [0.717, 1.165) is 5.92 Å². The monoisotopic (exact) mass is 244 g/mol. The number of hydrogen-bond acceptors (Lipinski definition) is 0. The third kappa shape index (κ3) is 8.79. The molecule has 0 bridgehead atoms. The Balaban J connectivity index is 2.75. The maximum absolute atomic E-state index is 2.33. The predicted molar refractivity (Wildman–Crippen MR) is 45.1 cm³/mol. The van der Waals surface area contributed by atoms with Crippen molar-refractivity contribution in [1.29, 1.82) is 0 Å². The molecule has 0 aromatic rings. The van der Waals surface area contributed by atoms with Crippen LogP contribution in [0.4, 0.5) is 0 Å². The number of rotatable bonds is 5. The molecule has 0 spiro atoms. The second-order valence-electron chi connectivity index (χ2n) is 2.82. The number of hydrogen-bond donors (Lipinski definition) is 0. The zero-order chi connectivity index (χ0) is 7.11. The summed E-state index contributed by atoms with van der Waals surface area (Å²) >= 11 is 0.422. The van der Waals surface area contributed by atoms with Crippen LogP contribution in [0, 0.1) is 5.92 Å². The minimum absolute atomic E-state index is 0.422. The Morgan fingerprint density at radius 1 is 1.33 bits per heavy atom. The number of unbranched alkanes of at least 4 members (excludes halogenated alkanes) is 1. The van der Waals surface area contributed by atoms with Crippen LogP contribution in [-0.2, 0) is 0 Å². The molecule has 0 heterocycles. The molecular formula is C8H18Te. The van der Waals surface area contributed by atoms with Crippen LogP contribution in [0.25, 0.3) is 0 Å². The van der Waals surface area contributed by atoms with Crippen LogP contribution in [0.3, 0.4) is 0 Å². The molecule has 0 unspecified atom stereocenters. The Bertz CT molecular complexity index is 50.5. The first-order chi connectivity index (χ1) is 4.27. The van der Waals surface area contributed by atoms with E-state index in [9.17, 15) is 0 Å². The SMILES string of the molecule is CCCC[Te]CC(C)C. The molecule has 0 fully saturated rings. The quantitative estimate of drug-likeness (QED) is 0.513. The predicted octanol–water partition coefficient (Wildman–Crippen LogP) is 2.98. The third-order valence-electron chi connectivity index (χ3n) is 1.09. The van der Waals surface area contributed by atoms with Gasteiger partial charge >= 0.3 is 69.4 Å². The van der Waals surface area contributed by atoms with Crippen molar-refractivity contribution in [2.24, 2.45) is 5.92 Å². The molecule has 0 aliphatic heterocycles. The van der Waals surface area contributed by atoms with E-state index in [4.69, 9.17) is 0 Å². The van der Waals surface area contributed by atoms with Gasteiger partial charge in [-0.25, -0.2) is 0 Å². The second kappa shape index (κ2) is 6.90. The molecule has 0 nitrogen and oxygen atoms in total. The molecule has 0 saturated carbocycles. The Hall–Kier alpha value is 0.790. The zero-order valence-electron chi connectivity index (χ0n) is 6.81. The summed E-state index contributed by atoms with van der Waals surface area (Å²) < 4.78 is 3.12. The van der Waals surface area contributed by atoms with Gasteiger partial charge in [0.25, 0.3) is 0 Å². The van der Waals surface area contributed by atoms with Crippen LogP contribution in [0.5, 0.6) is 0 Å². The van der Waals surface area contributed by atoms with E-state index in [1.165, 1.54) is 12.8 Å². The standard InChI is InChI=1S/C8H18Te/c1-4-5-6-9-7-8(2)3/h8H,4-7H2,1-3H3. The summed E-state index contributed by atoms with van der Waals surface area (Å²) in [5.41, 5.74) is 0. The van der Waals surface area contributed by atoms with E-state index in [2.05, 4.69) is 20.8 Å². The first kappa shape index (κ1) is 9.79. The summed E-state index contributed by atoms with van der Waals surface area (Å²) in [5.74, 6) is 0.962. The molecule has 9 heavy (non-hydrogen) atoms. The molecule has 0 radical (unpaired) electrons. The second-order valence-corrected chi connectivity index (χ2v) is 6.10. The molecule has 0 aliphatic carbocycles. The van der Waals surface area contributed by atoms with Crippen molar-refractivity contribution < 1.29 is 0 Å². The Kier molecular flexibility index (Phi) is 7.51. The molecule has 0 aliphatic rings. The van der Waals surface area contributed by atoms with Crippen molar-refractivity contribution in [3.8, 4) is 0 Å². The van der Waals surface area contributed by atoms with Gasteiger partial charge in [0, 0.05) is 0 Å². The van der Waals surface area contributed by atoms with Crippen molar-refractivity contribution in [3.63, 3.8) is 0 Å². The summed E-state index contributed by atoms with van der Waals surface area (Å²) in [5, 5.41) is 0. The molecule has 0 saturated heterocycles. The van der Waals surface area contributed by atoms with Gasteiger partial charge < -0.3 is 0 Å². The van der Waals surface area contributed by atoms with Crippen molar-refractivity contribution in [3.05, 3.63) is 0 Å². The Morgan fingerprint density at radius 3 is 2.44 bits per heavy atom. The van der Waals surface area contributed by atoms with E-state index < -0.39 is 0 Å². The van der Waals surface area contributed by atoms with Crippen molar-refractivity contribution >= 4 is 20.9 Å². The molecule has 0 N–H and O–H groups in total. The molecule has 0 aromatic carbocycles. The van der Waals surface area contributed by atoms with E-state index in [1.54, 1.807) is 8.94 Å². The average molecular weight is 242 g/mol. The van der Waals surface area contributed by atoms with Crippen LogP contribution in [0.1, 0.15) is 33.6 Å². The molecule has 0 aromatic heterocycles. The normalized spacial score (nSPS) is 10.7. The Labute approximate surface area is 69.5 Å². The molecule has 0 rings (SSSR count). The van der Waals surface area contributed by atoms with Gasteiger partial charge in [0.05, 0.1) is 0 Å². The molecule has 1 heteroatoms. The van der Waals surface area contributed by atoms with Crippen LogP contribution < -0.4 is 0 Å². The van der Waals surface area contributed by atoms with Gasteiger partial charge in [-0.3, -0.25) is 0 Å². The van der Waals surface area contributed by atoms with Gasteiger partial charge in [-0.15, -0.1) is 0 Å². The van der Waals surface area contributed by atoms with Gasteiger partial charge in [0.15, 0.2) is 0 Å². The van der Waals surface area contributed by atoms with Gasteiger partial charge in [-0.1, -0.05) is 0 Å². The fourth-order valence-corrected chi connectivity index (χ4v) is 3.79. The fourth-order valence-electron chi connectivity index (χ4n) is 0.565. The van der Waals surface area contributed by atoms with Crippen LogP contribution in [0.15, 0.2) is 0 Å². The molecule has 0 amide bonds. The maximum atomic E-state index is 2.33. The first-order valence-corrected chi connectivity index (χ1v) is 7.14. The van der Waals surface area contributed by atoms with Crippen molar-refractivity contribution in [2.75, 3.05) is 0 Å². The van der Waals surface area contributed by atoms with Gasteiger partial charge in [-0.05, 0) is 0 Å². The van der Waals surface area contributed by atoms with Crippen LogP contribution >= 0.6 is 0 Å². The van der Waals surface area contributed by atoms with Crippen molar-refractivity contribution in [1.82, 2.24) is 0 Å². The molecule has 0 atom stereocenters. The van der Waals surface area contributed by atoms with E-state index in [1.807, 2.05) is 0 Å². The molecule has 56 valence electrons. The zero-order valence-corrected chi connectivity index (χ0v) is 9.14. The Morgan fingerprint density at radius 2 is 2.00 bits per heavy atom. The first-order valence-electron chi connectivity index (χ1n) is 3.85. The van der Waals surface area contributed by atoms with Gasteiger partial charge in [0.2, 0.25) is 0 Å². The average Bonchev–Trinajstić information content (AvgIpc) is 1.80. The van der Waals surface area contributed by atoms with Crippen LogP contribution in [0.2, 0.25) is 8.94 Å². The summed E-state index contributed by atoms with van der Waals surface area (Å²) in [6.07, 6.45) is 2.87. The summed E-state index contributed by atoms with van der Waals surface area (Å²) in [4.78, 5) is 0. The minimum atomic E-state index is 0.422. The van der Waals surface area contributed by atoms with E-state index in [-0.39, 0.29) is 0 Å². The van der Waals surface area contributed by atoms with E-state index >= 15 is 0 Å². The van der Waals surface area contributed by atoms with Crippen LogP contribution in [-0.4, -0.2) is 20.9 Å². The van der Waals surface area contributed by atoms with Gasteiger partial charge in [-0.2, -0.15) is 0 Å². The van der Waals surface area contributed by atoms with Crippen molar-refractivity contribution in [2.45, 2.75) is 42.6 Å². The summed E-state index contributed by atoms with van der Waals surface area (Å²) in [7, 11) is 0.